The van der Waals surface area contributed by atoms with Crippen LogP contribution in [0, 0.1) is 13.8 Å². The van der Waals surface area contributed by atoms with Crippen LogP contribution in [0.2, 0.25) is 0 Å². The normalized spacial score (nSPS) is 14.2. The number of rotatable bonds is 2. The van der Waals surface area contributed by atoms with Gasteiger partial charge in [-0.2, -0.15) is 0 Å². The number of benzene rings is 4. The first kappa shape index (κ1) is 19.3. The third-order valence-electron chi connectivity index (χ3n) is 6.92. The van der Waals surface area contributed by atoms with Crippen LogP contribution in [0.1, 0.15) is 69.3 Å². The standard InChI is InChI=1S/C34H36S/c1-21-11-9-12-23(17-21)27-15-16-30-31(22(27)2)32-28(13-10-14-29(32)35-30)24-18-25(33(3,4)5)20-26(19-24)34(6,7)8/h9-20H,1-8H3/i9D,11D,12D,17D. The Labute approximate surface area is 220 Å². The Kier molecular flexibility index (Phi) is 4.60. The topological polar surface area (TPSA) is 0 Å². The fraction of sp³-hybridized carbons (Fsp3) is 0.294. The molecule has 35 heavy (non-hydrogen) atoms. The minimum atomic E-state index is -0.123. The summed E-state index contributed by atoms with van der Waals surface area (Å²) in [7, 11) is 0. The summed E-state index contributed by atoms with van der Waals surface area (Å²) in [6, 6.07) is 17.6. The van der Waals surface area contributed by atoms with Crippen molar-refractivity contribution in [3.05, 3.63) is 95.0 Å². The molecule has 0 aliphatic heterocycles. The lowest BCUT2D eigenvalue weighted by Crippen LogP contribution is -2.16. The maximum atomic E-state index is 8.76. The summed E-state index contributed by atoms with van der Waals surface area (Å²) in [6.07, 6.45) is 0. The third kappa shape index (κ3) is 4.32. The van der Waals surface area contributed by atoms with Gasteiger partial charge in [0.1, 0.15) is 0 Å². The monoisotopic (exact) mass is 480 g/mol. The largest absolute Gasteiger partial charge is 0.135 e. The van der Waals surface area contributed by atoms with Crippen molar-refractivity contribution in [1.82, 2.24) is 0 Å². The average molecular weight is 481 g/mol. The molecule has 4 aromatic carbocycles. The second kappa shape index (κ2) is 8.35. The quantitative estimate of drug-likeness (QED) is 0.236. The van der Waals surface area contributed by atoms with E-state index in [-0.39, 0.29) is 35.0 Å². The molecule has 178 valence electrons. The van der Waals surface area contributed by atoms with Crippen LogP contribution in [-0.4, -0.2) is 0 Å². The second-order valence-electron chi connectivity index (χ2n) is 11.7. The third-order valence-corrected chi connectivity index (χ3v) is 8.04. The van der Waals surface area contributed by atoms with Crippen molar-refractivity contribution in [2.75, 3.05) is 0 Å². The summed E-state index contributed by atoms with van der Waals surface area (Å²) in [5, 5.41) is 2.33. The van der Waals surface area contributed by atoms with Gasteiger partial charge in [0.2, 0.25) is 0 Å². The van der Waals surface area contributed by atoms with Crippen molar-refractivity contribution in [1.29, 1.82) is 0 Å². The number of thiophene rings is 1. The van der Waals surface area contributed by atoms with Crippen LogP contribution in [0.4, 0.5) is 0 Å². The van der Waals surface area contributed by atoms with E-state index in [0.717, 1.165) is 16.5 Å². The van der Waals surface area contributed by atoms with Gasteiger partial charge in [-0.05, 0) is 75.8 Å². The van der Waals surface area contributed by atoms with Gasteiger partial charge in [-0.3, -0.25) is 0 Å². The molecule has 0 atom stereocenters. The zero-order chi connectivity index (χ0) is 28.6. The van der Waals surface area contributed by atoms with Gasteiger partial charge in [0.25, 0.3) is 0 Å². The Hall–Kier alpha value is -2.90. The number of fused-ring (bicyclic) bond motifs is 3. The summed E-state index contributed by atoms with van der Waals surface area (Å²) in [5.74, 6) is 0. The predicted molar refractivity (Wildman–Crippen MR) is 157 cm³/mol. The van der Waals surface area contributed by atoms with Crippen LogP contribution >= 0.6 is 11.3 Å². The highest BCUT2D eigenvalue weighted by Crippen LogP contribution is 2.45. The molecular formula is C34H36S. The smallest absolute Gasteiger partial charge is 0.0632 e. The van der Waals surface area contributed by atoms with E-state index in [9.17, 15) is 0 Å². The lowest BCUT2D eigenvalue weighted by Gasteiger charge is -2.26. The van der Waals surface area contributed by atoms with E-state index in [1.165, 1.54) is 37.0 Å². The van der Waals surface area contributed by atoms with Gasteiger partial charge < -0.3 is 0 Å². The Morgan fingerprint density at radius 1 is 0.686 bits per heavy atom. The van der Waals surface area contributed by atoms with E-state index < -0.39 is 0 Å². The molecule has 5 rings (SSSR count). The molecule has 0 radical (unpaired) electrons. The molecule has 0 aliphatic carbocycles. The molecule has 1 heterocycles. The Bertz CT molecular complexity index is 1720. The van der Waals surface area contributed by atoms with Crippen LogP contribution in [0.25, 0.3) is 42.4 Å². The SMILES string of the molecule is [2H]c1c([2H])c(C)c([2H])c(-c2ccc3sc4cccc(-c5cc(C(C)(C)C)cc(C(C)(C)C)c5)c4c3c2C)c1[2H]. The minimum Gasteiger partial charge on any atom is -0.135 e. The first-order valence-electron chi connectivity index (χ1n) is 14.3. The highest BCUT2D eigenvalue weighted by Gasteiger charge is 2.22. The van der Waals surface area contributed by atoms with Gasteiger partial charge >= 0.3 is 0 Å². The molecule has 0 unspecified atom stereocenters. The van der Waals surface area contributed by atoms with E-state index in [1.807, 2.05) is 6.07 Å². The molecule has 0 N–H and O–H groups in total. The lowest BCUT2D eigenvalue weighted by atomic mass is 9.78. The van der Waals surface area contributed by atoms with Crippen LogP contribution in [-0.2, 0) is 10.8 Å². The first-order chi connectivity index (χ1) is 18.1. The zero-order valence-electron chi connectivity index (χ0n) is 26.0. The maximum Gasteiger partial charge on any atom is 0.0632 e. The van der Waals surface area contributed by atoms with Gasteiger partial charge in [-0.1, -0.05) is 108 Å². The highest BCUT2D eigenvalue weighted by molar-refractivity contribution is 7.26. The van der Waals surface area contributed by atoms with Gasteiger partial charge in [0.15, 0.2) is 0 Å². The van der Waals surface area contributed by atoms with Crippen LogP contribution in [0.15, 0.2) is 72.7 Å². The molecule has 0 saturated heterocycles. The van der Waals surface area contributed by atoms with E-state index in [0.29, 0.717) is 11.1 Å². The van der Waals surface area contributed by atoms with Crippen molar-refractivity contribution in [2.24, 2.45) is 0 Å². The summed E-state index contributed by atoms with van der Waals surface area (Å²) < 4.78 is 36.3. The van der Waals surface area contributed by atoms with Gasteiger partial charge in [0.05, 0.1) is 5.48 Å². The zero-order valence-corrected chi connectivity index (χ0v) is 22.8. The maximum absolute atomic E-state index is 8.76. The van der Waals surface area contributed by atoms with Crippen molar-refractivity contribution < 1.29 is 5.48 Å². The minimum absolute atomic E-state index is 0.00853. The van der Waals surface area contributed by atoms with Gasteiger partial charge in [-0.15, -0.1) is 11.3 Å². The lowest BCUT2D eigenvalue weighted by molar-refractivity contribution is 0.569. The Morgan fingerprint density at radius 2 is 1.34 bits per heavy atom. The van der Waals surface area contributed by atoms with Crippen molar-refractivity contribution in [3.8, 4) is 22.3 Å². The van der Waals surface area contributed by atoms with Crippen LogP contribution in [0.3, 0.4) is 0 Å². The fourth-order valence-electron chi connectivity index (χ4n) is 4.81. The van der Waals surface area contributed by atoms with E-state index in [4.69, 9.17) is 5.48 Å². The van der Waals surface area contributed by atoms with Gasteiger partial charge in [-0.25, -0.2) is 0 Å². The van der Waals surface area contributed by atoms with Crippen LogP contribution < -0.4 is 0 Å². The van der Waals surface area contributed by atoms with Crippen molar-refractivity contribution in [3.63, 3.8) is 0 Å². The summed E-state index contributed by atoms with van der Waals surface area (Å²) in [5.41, 5.74) is 7.71. The molecule has 0 bridgehead atoms. The number of hydrogen-bond acceptors (Lipinski definition) is 1. The number of hydrogen-bond donors (Lipinski definition) is 0. The Morgan fingerprint density at radius 3 is 2.00 bits per heavy atom. The number of aryl methyl sites for hydroxylation is 1. The molecule has 0 saturated carbocycles. The van der Waals surface area contributed by atoms with Gasteiger partial charge in [0, 0.05) is 20.2 Å². The molecule has 1 heteroatoms. The predicted octanol–water partition coefficient (Wildman–Crippen LogP) is 10.6. The molecule has 0 spiro atoms. The van der Waals surface area contributed by atoms with Crippen molar-refractivity contribution in [2.45, 2.75) is 66.2 Å². The highest BCUT2D eigenvalue weighted by atomic mass is 32.1. The molecule has 5 aromatic rings. The summed E-state index contributed by atoms with van der Waals surface area (Å²) in [4.78, 5) is 0. The molecule has 0 fully saturated rings. The molecule has 1 aromatic heterocycles. The van der Waals surface area contributed by atoms with E-state index >= 15 is 0 Å². The van der Waals surface area contributed by atoms with Crippen molar-refractivity contribution >= 4 is 31.5 Å². The fourth-order valence-corrected chi connectivity index (χ4v) is 6.00. The summed E-state index contributed by atoms with van der Waals surface area (Å²) >= 11 is 1.76. The van der Waals surface area contributed by atoms with E-state index in [1.54, 1.807) is 18.3 Å². The molecular weight excluding hydrogens is 440 g/mol. The second-order valence-corrected chi connectivity index (χ2v) is 12.8. The first-order valence-corrected chi connectivity index (χ1v) is 13.1. The average Bonchev–Trinajstić information content (AvgIpc) is 3.26. The molecule has 0 amide bonds. The summed E-state index contributed by atoms with van der Waals surface area (Å²) in [6.45, 7) is 17.3. The molecule has 0 nitrogen and oxygen atoms in total. The van der Waals surface area contributed by atoms with E-state index in [2.05, 4.69) is 90.9 Å². The Balaban J connectivity index is 1.87. The molecule has 0 aliphatic rings. The van der Waals surface area contributed by atoms with Crippen LogP contribution in [0.5, 0.6) is 0 Å².